The fourth-order valence-electron chi connectivity index (χ4n) is 18.1. The highest BCUT2D eigenvalue weighted by molar-refractivity contribution is 7.11. The summed E-state index contributed by atoms with van der Waals surface area (Å²) in [6, 6.07) is 35.1. The number of carbonyl (C=O) groups is 7. The molecular weight excluding hydrogens is 1840 g/mol. The number of rotatable bonds is 20. The van der Waals surface area contributed by atoms with Crippen molar-refractivity contribution in [1.82, 2.24) is 95.8 Å². The molecule has 0 radical (unpaired) electrons. The van der Waals surface area contributed by atoms with E-state index in [9.17, 15) is 38.7 Å². The fourth-order valence-corrected chi connectivity index (χ4v) is 18.7. The summed E-state index contributed by atoms with van der Waals surface area (Å²) in [5.41, 5.74) is 13.1. The van der Waals surface area contributed by atoms with Crippen molar-refractivity contribution < 1.29 is 57.6 Å². The van der Waals surface area contributed by atoms with Crippen LogP contribution in [0, 0.1) is 0 Å². The van der Waals surface area contributed by atoms with Gasteiger partial charge in [-0.15, -0.1) is 11.3 Å². The number of urea groups is 4. The molecule has 40 nitrogen and oxygen atoms in total. The van der Waals surface area contributed by atoms with E-state index in [0.717, 1.165) is 124 Å². The standard InChI is InChI=1S/C27H31N7O3.C25H30N8O2.C25H29N7O3S.C25H34N6O4/c1-3-29-27(36)30-21-8-6-19(7-9-21)24-31-23-16-33(26(35)20-5-4-11-28-15-20)12-10-22(23)25(32-24)34-13-14-37-17-18(34)2;1-3-26-25(34)29-19-7-5-18(6-8-19)22-30-21-15-32(24-27-10-4-11-28-24)12-9-20(21)23(31-22)33-13-14-35-16-17(33)2;1-3-26-25(34)28-18-6-4-17(5-7-18)21-29-20-14-31(24(33)23-27-9-13-36-23)10-8-19(20)22(30-21)32-11-12-35-15-16(32)2;1-5-26-24(33)27-18-8-6-17(7-9-18)21-28-20-14-30(23(32)25(3,4)34)11-10-19(20)22(29-21)31-12-13-35-15-16(31)2/h4-9,11,15,18H,3,10,12-14,16-17H2,1-2H3,(H2,29,30,36);4-8,10-11,17H,3,9,12-16H2,1-2H3,(H2,26,29,34);4-7,9,13,16H,3,8,10-12,14-15H2,1-2H3,(H2,26,28,34);6-9,16,34H,5,10-15H2,1-4H3,(H2,26,27,33)/t18-;17-;2*16-/m1111/s1. The summed E-state index contributed by atoms with van der Waals surface area (Å²) in [6.45, 7) is 33.7. The second-order valence-corrected chi connectivity index (χ2v) is 37.1. The SMILES string of the molecule is CCNC(=O)Nc1ccc(-c2nc3c(c(N4CCOC[C@H]4C)n2)CCN(C(=O)C(C)(C)O)C3)cc1.CCNC(=O)Nc1ccc(-c2nc3c(c(N4CCOC[C@H]4C)n2)CCN(C(=O)c2cccnc2)C3)cc1.CCNC(=O)Nc1ccc(-c2nc3c(c(N4CCOC[C@H]4C)n2)CCN(C(=O)c2nccs2)C3)cc1.CCNC(=O)Nc1ccc(-c2nc3c(c(N4CCOC[C@H]4C)n2)CCN(c2ncccn2)C3)cc1. The number of aliphatic hydroxyl groups is 1. The Labute approximate surface area is 834 Å². The first-order valence-electron chi connectivity index (χ1n) is 48.9. The zero-order chi connectivity index (χ0) is 100. The number of morpholine rings is 4. The zero-order valence-corrected chi connectivity index (χ0v) is 83.1. The first kappa shape index (κ1) is 101. The molecule has 7 aromatic heterocycles. The molecule has 143 heavy (non-hydrogen) atoms. The summed E-state index contributed by atoms with van der Waals surface area (Å²) >= 11 is 1.35. The average molecular weight is 1970 g/mol. The van der Waals surface area contributed by atoms with Crippen LogP contribution in [0.3, 0.4) is 0 Å². The molecule has 0 aliphatic carbocycles. The molecule has 0 saturated carbocycles. The monoisotopic (exact) mass is 1960 g/mol. The van der Waals surface area contributed by atoms with E-state index in [1.165, 1.54) is 30.7 Å². The van der Waals surface area contributed by atoms with Crippen LogP contribution in [0.15, 0.2) is 152 Å². The molecule has 4 fully saturated rings. The Bertz CT molecular complexity index is 6260. The number of hydrogen-bond donors (Lipinski definition) is 9. The highest BCUT2D eigenvalue weighted by atomic mass is 32.1. The van der Waals surface area contributed by atoms with Crippen molar-refractivity contribution >= 4 is 105 Å². The predicted octanol–water partition coefficient (Wildman–Crippen LogP) is 11.3. The minimum absolute atomic E-state index is 0.0546. The van der Waals surface area contributed by atoms with Crippen LogP contribution in [0.1, 0.15) is 134 Å². The highest BCUT2D eigenvalue weighted by Gasteiger charge is 2.39. The van der Waals surface area contributed by atoms with E-state index in [0.29, 0.717) is 207 Å². The third kappa shape index (κ3) is 25.1. The maximum Gasteiger partial charge on any atom is 0.319 e. The Morgan fingerprint density at radius 2 is 0.713 bits per heavy atom. The van der Waals surface area contributed by atoms with Crippen molar-refractivity contribution in [2.24, 2.45) is 0 Å². The molecule has 0 spiro atoms. The van der Waals surface area contributed by atoms with Gasteiger partial charge < -0.3 is 106 Å². The van der Waals surface area contributed by atoms with Crippen molar-refractivity contribution in [1.29, 1.82) is 0 Å². The molecule has 4 atom stereocenters. The second-order valence-electron chi connectivity index (χ2n) is 36.2. The summed E-state index contributed by atoms with van der Waals surface area (Å²) in [6.07, 6.45) is 11.2. The smallest absolute Gasteiger partial charge is 0.319 e. The number of nitrogens with zero attached hydrogens (tertiary/aromatic N) is 20. The van der Waals surface area contributed by atoms with E-state index in [2.05, 4.69) is 115 Å². The van der Waals surface area contributed by atoms with E-state index < -0.39 is 5.60 Å². The molecule has 0 unspecified atom stereocenters. The minimum atomic E-state index is -1.44. The number of fused-ring (bicyclic) bond motifs is 4. The third-order valence-corrected chi connectivity index (χ3v) is 26.2. The lowest BCUT2D eigenvalue weighted by atomic mass is 10.0. The first-order valence-corrected chi connectivity index (χ1v) is 49.7. The summed E-state index contributed by atoms with van der Waals surface area (Å²) in [5.74, 6) is 6.36. The van der Waals surface area contributed by atoms with Gasteiger partial charge in [-0.1, -0.05) is 0 Å². The molecule has 4 saturated heterocycles. The van der Waals surface area contributed by atoms with Gasteiger partial charge in [-0.25, -0.2) is 74.0 Å². The highest BCUT2D eigenvalue weighted by Crippen LogP contribution is 2.39. The molecule has 15 heterocycles. The molecule has 11 amide bonds. The van der Waals surface area contributed by atoms with Crippen LogP contribution >= 0.6 is 11.3 Å². The van der Waals surface area contributed by atoms with Gasteiger partial charge in [-0.2, -0.15) is 0 Å². The van der Waals surface area contributed by atoms with Crippen molar-refractivity contribution in [2.45, 2.75) is 151 Å². The fraction of sp³-hybridized carbons (Fsp3) is 0.422. The molecule has 41 heteroatoms. The van der Waals surface area contributed by atoms with Crippen molar-refractivity contribution in [3.63, 3.8) is 0 Å². The Morgan fingerprint density at radius 3 is 1.03 bits per heavy atom. The van der Waals surface area contributed by atoms with Gasteiger partial charge >= 0.3 is 24.1 Å². The van der Waals surface area contributed by atoms with Gasteiger partial charge in [0, 0.05) is 182 Å². The summed E-state index contributed by atoms with van der Waals surface area (Å²) < 4.78 is 22.6. The van der Waals surface area contributed by atoms with Gasteiger partial charge in [0.05, 0.1) is 132 Å². The number of anilines is 9. The van der Waals surface area contributed by atoms with Gasteiger partial charge in [0.25, 0.3) is 17.7 Å². The van der Waals surface area contributed by atoms with Crippen molar-refractivity contribution in [2.75, 3.05) is 177 Å². The number of thiazole rings is 1. The average Bonchev–Trinajstić information content (AvgIpc) is 0.993. The molecule has 0 bridgehead atoms. The van der Waals surface area contributed by atoms with Gasteiger partial charge in [-0.3, -0.25) is 19.4 Å². The van der Waals surface area contributed by atoms with Crippen LogP contribution in [0.25, 0.3) is 45.6 Å². The van der Waals surface area contributed by atoms with E-state index in [1.807, 2.05) is 146 Å². The molecule has 8 aliphatic rings. The molecular formula is C102H124N28O12S. The summed E-state index contributed by atoms with van der Waals surface area (Å²) in [5, 5.41) is 34.7. The predicted molar refractivity (Wildman–Crippen MR) is 547 cm³/mol. The van der Waals surface area contributed by atoms with Crippen LogP contribution in [0.2, 0.25) is 0 Å². The lowest BCUT2D eigenvalue weighted by Gasteiger charge is -2.38. The zero-order valence-electron chi connectivity index (χ0n) is 82.3. The van der Waals surface area contributed by atoms with Gasteiger partial charge in [-0.05, 0) is 210 Å². The van der Waals surface area contributed by atoms with Crippen LogP contribution in [0.5, 0.6) is 0 Å². The number of amides is 11. The van der Waals surface area contributed by atoms with Crippen LogP contribution in [0.4, 0.5) is 71.1 Å². The third-order valence-electron chi connectivity index (χ3n) is 25.4. The topological polar surface area (TPSA) is 453 Å². The van der Waals surface area contributed by atoms with Gasteiger partial charge in [0.15, 0.2) is 28.3 Å². The number of aromatic nitrogens is 12. The van der Waals surface area contributed by atoms with E-state index >= 15 is 0 Å². The molecule has 9 N–H and O–H groups in total. The number of hydrogen-bond acceptors (Lipinski definition) is 30. The quantitative estimate of drug-likeness (QED) is 0.0342. The second kappa shape index (κ2) is 47.3. The summed E-state index contributed by atoms with van der Waals surface area (Å²) in [7, 11) is 0. The molecule has 19 rings (SSSR count). The lowest BCUT2D eigenvalue weighted by molar-refractivity contribution is -0.148. The van der Waals surface area contributed by atoms with Crippen LogP contribution < -0.4 is 67.0 Å². The number of benzene rings is 4. The normalized spacial score (nSPS) is 17.6. The largest absolute Gasteiger partial charge is 0.381 e. The number of pyridine rings is 1. The molecule has 750 valence electrons. The Kier molecular flexibility index (Phi) is 33.5. The Morgan fingerprint density at radius 1 is 0.385 bits per heavy atom. The van der Waals surface area contributed by atoms with Gasteiger partial charge in [0.1, 0.15) is 28.9 Å². The number of ether oxygens (including phenoxy) is 4. The molecule has 8 aliphatic heterocycles. The maximum atomic E-state index is 13.2. The molecule has 11 aromatic rings. The maximum absolute atomic E-state index is 13.2. The first-order chi connectivity index (χ1) is 69.3. The Hall–Kier alpha value is -14.7. The van der Waals surface area contributed by atoms with Crippen LogP contribution in [-0.4, -0.2) is 283 Å². The molecule has 4 aromatic carbocycles. The van der Waals surface area contributed by atoms with E-state index in [1.54, 1.807) is 48.0 Å². The van der Waals surface area contributed by atoms with Gasteiger partial charge in [0.2, 0.25) is 5.95 Å². The van der Waals surface area contributed by atoms with Crippen molar-refractivity contribution in [3.8, 4) is 45.6 Å². The van der Waals surface area contributed by atoms with Crippen LogP contribution in [-0.2, 0) is 75.6 Å². The summed E-state index contributed by atoms with van der Waals surface area (Å²) in [4.78, 5) is 160. The lowest BCUT2D eigenvalue weighted by Crippen LogP contribution is -2.48. The number of carbonyl (C=O) groups excluding carboxylic acids is 7. The van der Waals surface area contributed by atoms with Crippen molar-refractivity contribution in [3.05, 3.63) is 207 Å². The minimum Gasteiger partial charge on any atom is -0.381 e. The Balaban J connectivity index is 0.000000137. The van der Waals surface area contributed by atoms with E-state index in [4.69, 9.17) is 58.8 Å². The van der Waals surface area contributed by atoms with E-state index in [-0.39, 0.29) is 66.0 Å². The number of nitrogens with one attached hydrogen (secondary N) is 8.